The maximum Gasteiger partial charge on any atom is 0.326 e. The van der Waals surface area contributed by atoms with E-state index in [-0.39, 0.29) is 18.2 Å². The number of aliphatic carboxylic acids is 1. The van der Waals surface area contributed by atoms with Gasteiger partial charge >= 0.3 is 5.97 Å². The van der Waals surface area contributed by atoms with Gasteiger partial charge in [0, 0.05) is 24.2 Å². The average molecular weight is 279 g/mol. The highest BCUT2D eigenvalue weighted by atomic mass is 16.4. The van der Waals surface area contributed by atoms with E-state index >= 15 is 0 Å². The van der Waals surface area contributed by atoms with Gasteiger partial charge in [0.05, 0.1) is 6.33 Å². The number of nitrogens with one attached hydrogen (secondary N) is 2. The summed E-state index contributed by atoms with van der Waals surface area (Å²) in [5, 5.41) is 11.9. The van der Waals surface area contributed by atoms with Crippen molar-refractivity contribution in [1.82, 2.24) is 15.3 Å². The maximum atomic E-state index is 12.2. The molecule has 0 unspecified atom stereocenters. The fourth-order valence-corrected chi connectivity index (χ4v) is 2.65. The van der Waals surface area contributed by atoms with E-state index in [1.807, 2.05) is 0 Å². The van der Waals surface area contributed by atoms with E-state index in [9.17, 15) is 14.7 Å². The van der Waals surface area contributed by atoms with Gasteiger partial charge in [-0.1, -0.05) is 25.7 Å². The maximum absolute atomic E-state index is 12.2. The van der Waals surface area contributed by atoms with Gasteiger partial charge in [-0.2, -0.15) is 0 Å². The summed E-state index contributed by atoms with van der Waals surface area (Å²) in [6.45, 7) is 0. The number of aromatic amines is 1. The Hall–Kier alpha value is -1.85. The molecule has 1 saturated carbocycles. The highest BCUT2D eigenvalue weighted by Crippen LogP contribution is 2.23. The summed E-state index contributed by atoms with van der Waals surface area (Å²) < 4.78 is 0. The van der Waals surface area contributed by atoms with Crippen LogP contribution < -0.4 is 5.32 Å². The molecule has 1 aromatic rings. The first-order valence-electron chi connectivity index (χ1n) is 7.17. The van der Waals surface area contributed by atoms with Crippen molar-refractivity contribution < 1.29 is 14.7 Å². The lowest BCUT2D eigenvalue weighted by molar-refractivity contribution is -0.142. The minimum Gasteiger partial charge on any atom is -0.480 e. The number of aromatic nitrogens is 2. The van der Waals surface area contributed by atoms with Crippen LogP contribution in [0.2, 0.25) is 0 Å². The van der Waals surface area contributed by atoms with Crippen molar-refractivity contribution in [1.29, 1.82) is 0 Å². The Morgan fingerprint density at radius 3 is 2.60 bits per heavy atom. The highest BCUT2D eigenvalue weighted by Gasteiger charge is 2.26. The van der Waals surface area contributed by atoms with Crippen LogP contribution in [0.5, 0.6) is 0 Å². The van der Waals surface area contributed by atoms with E-state index < -0.39 is 12.0 Å². The molecule has 0 aliphatic heterocycles. The largest absolute Gasteiger partial charge is 0.480 e. The second-order valence-corrected chi connectivity index (χ2v) is 5.37. The molecule has 110 valence electrons. The van der Waals surface area contributed by atoms with Gasteiger partial charge < -0.3 is 15.4 Å². The molecule has 1 aliphatic carbocycles. The number of rotatable bonds is 5. The number of hydrogen-bond acceptors (Lipinski definition) is 3. The lowest BCUT2D eigenvalue weighted by Gasteiger charge is -2.18. The summed E-state index contributed by atoms with van der Waals surface area (Å²) in [5.41, 5.74) is 0.707. The number of hydrogen-bond donors (Lipinski definition) is 3. The van der Waals surface area contributed by atoms with Crippen LogP contribution in [0.25, 0.3) is 0 Å². The zero-order valence-corrected chi connectivity index (χ0v) is 11.5. The first-order chi connectivity index (χ1) is 9.66. The third-order valence-corrected chi connectivity index (χ3v) is 3.82. The standard InChI is InChI=1S/C14H21N3O3/c18-13(10-5-3-1-2-4-6-10)17-12(14(19)20)7-11-8-15-9-16-11/h8-10,12H,1-7H2,(H,15,16)(H,17,18)(H,19,20)/t12-/m1/s1. The highest BCUT2D eigenvalue weighted by molar-refractivity contribution is 5.85. The number of imidazole rings is 1. The normalized spacial score (nSPS) is 18.2. The van der Waals surface area contributed by atoms with Crippen LogP contribution in [0, 0.1) is 5.92 Å². The van der Waals surface area contributed by atoms with E-state index in [2.05, 4.69) is 15.3 Å². The van der Waals surface area contributed by atoms with Crippen LogP contribution in [0.1, 0.15) is 44.2 Å². The molecule has 0 aromatic carbocycles. The number of carboxylic acid groups (broad SMARTS) is 1. The van der Waals surface area contributed by atoms with Crippen molar-refractivity contribution in [3.8, 4) is 0 Å². The topological polar surface area (TPSA) is 95.1 Å². The number of nitrogens with zero attached hydrogens (tertiary/aromatic N) is 1. The van der Waals surface area contributed by atoms with Crippen molar-refractivity contribution in [3.63, 3.8) is 0 Å². The van der Waals surface area contributed by atoms with Gasteiger partial charge in [-0.05, 0) is 12.8 Å². The van der Waals surface area contributed by atoms with Gasteiger partial charge in [0.2, 0.25) is 5.91 Å². The molecular weight excluding hydrogens is 258 g/mol. The Balaban J connectivity index is 1.93. The van der Waals surface area contributed by atoms with Gasteiger partial charge in [-0.3, -0.25) is 4.79 Å². The van der Waals surface area contributed by atoms with E-state index in [4.69, 9.17) is 0 Å². The third-order valence-electron chi connectivity index (χ3n) is 3.82. The Morgan fingerprint density at radius 1 is 1.35 bits per heavy atom. The number of carboxylic acids is 1. The Morgan fingerprint density at radius 2 is 2.05 bits per heavy atom. The minimum absolute atomic E-state index is 0.0406. The van der Waals surface area contributed by atoms with Gasteiger partial charge in [0.15, 0.2) is 0 Å². The fraction of sp³-hybridized carbons (Fsp3) is 0.643. The van der Waals surface area contributed by atoms with Gasteiger partial charge in [-0.25, -0.2) is 9.78 Å². The molecular formula is C14H21N3O3. The van der Waals surface area contributed by atoms with Crippen LogP contribution in [-0.2, 0) is 16.0 Å². The monoisotopic (exact) mass is 279 g/mol. The molecule has 1 fully saturated rings. The van der Waals surface area contributed by atoms with Crippen molar-refractivity contribution in [2.75, 3.05) is 0 Å². The van der Waals surface area contributed by atoms with Crippen LogP contribution in [0.15, 0.2) is 12.5 Å². The SMILES string of the molecule is O=C(N[C@H](Cc1cnc[nH]1)C(=O)O)C1CCCCCC1. The van der Waals surface area contributed by atoms with E-state index in [1.54, 1.807) is 6.20 Å². The molecule has 1 aromatic heterocycles. The summed E-state index contributed by atoms with van der Waals surface area (Å²) in [7, 11) is 0. The van der Waals surface area contributed by atoms with E-state index in [0.29, 0.717) is 5.69 Å². The zero-order chi connectivity index (χ0) is 14.4. The van der Waals surface area contributed by atoms with E-state index in [0.717, 1.165) is 25.7 Å². The molecule has 1 heterocycles. The molecule has 0 bridgehead atoms. The fourth-order valence-electron chi connectivity index (χ4n) is 2.65. The molecule has 0 spiro atoms. The summed E-state index contributed by atoms with van der Waals surface area (Å²) >= 11 is 0. The van der Waals surface area contributed by atoms with Gasteiger partial charge in [0.25, 0.3) is 0 Å². The van der Waals surface area contributed by atoms with Crippen molar-refractivity contribution in [2.45, 2.75) is 51.0 Å². The molecule has 6 heteroatoms. The summed E-state index contributed by atoms with van der Waals surface area (Å²) in [5.74, 6) is -1.18. The van der Waals surface area contributed by atoms with Gasteiger partial charge in [-0.15, -0.1) is 0 Å². The predicted molar refractivity (Wildman–Crippen MR) is 73.1 cm³/mol. The van der Waals surface area contributed by atoms with Crippen LogP contribution in [0.3, 0.4) is 0 Å². The van der Waals surface area contributed by atoms with Crippen molar-refractivity contribution in [3.05, 3.63) is 18.2 Å². The van der Waals surface area contributed by atoms with Crippen LogP contribution >= 0.6 is 0 Å². The second-order valence-electron chi connectivity index (χ2n) is 5.37. The molecule has 0 radical (unpaired) electrons. The molecule has 1 atom stereocenters. The third kappa shape index (κ3) is 4.08. The first-order valence-corrected chi connectivity index (χ1v) is 7.17. The lowest BCUT2D eigenvalue weighted by atomic mass is 9.98. The molecule has 1 amide bonds. The molecule has 0 saturated heterocycles. The van der Waals surface area contributed by atoms with Crippen molar-refractivity contribution in [2.24, 2.45) is 5.92 Å². The molecule has 6 nitrogen and oxygen atoms in total. The Labute approximate surface area is 118 Å². The van der Waals surface area contributed by atoms with Crippen LogP contribution in [0.4, 0.5) is 0 Å². The zero-order valence-electron chi connectivity index (χ0n) is 11.5. The Kier molecular flexibility index (Phi) is 5.15. The summed E-state index contributed by atoms with van der Waals surface area (Å²) in [6.07, 6.45) is 9.47. The number of carbonyl (C=O) groups excluding carboxylic acids is 1. The van der Waals surface area contributed by atoms with Crippen LogP contribution in [-0.4, -0.2) is 33.0 Å². The summed E-state index contributed by atoms with van der Waals surface area (Å²) in [4.78, 5) is 30.2. The predicted octanol–water partition coefficient (Wildman–Crippen LogP) is 1.49. The lowest BCUT2D eigenvalue weighted by Crippen LogP contribution is -2.45. The number of carbonyl (C=O) groups is 2. The Bertz CT molecular complexity index is 437. The van der Waals surface area contributed by atoms with E-state index in [1.165, 1.54) is 19.2 Å². The van der Waals surface area contributed by atoms with Crippen molar-refractivity contribution >= 4 is 11.9 Å². The molecule has 3 N–H and O–H groups in total. The van der Waals surface area contributed by atoms with Gasteiger partial charge in [0.1, 0.15) is 6.04 Å². The smallest absolute Gasteiger partial charge is 0.326 e. The average Bonchev–Trinajstić information content (AvgIpc) is 2.77. The molecule has 1 aliphatic rings. The quantitative estimate of drug-likeness (QED) is 0.712. The second kappa shape index (κ2) is 7.07. The minimum atomic E-state index is -1.01. The molecule has 2 rings (SSSR count). The molecule has 20 heavy (non-hydrogen) atoms. The number of amides is 1. The number of H-pyrrole nitrogens is 1. The summed E-state index contributed by atoms with van der Waals surface area (Å²) in [6, 6.07) is -0.897. The first kappa shape index (κ1) is 14.6.